The van der Waals surface area contributed by atoms with Crippen LogP contribution in [0.15, 0.2) is 18.2 Å². The molecule has 1 aliphatic carbocycles. The summed E-state index contributed by atoms with van der Waals surface area (Å²) >= 11 is 0. The van der Waals surface area contributed by atoms with E-state index in [1.165, 1.54) is 12.8 Å². The Hall–Kier alpha value is -1.53. The van der Waals surface area contributed by atoms with Crippen molar-refractivity contribution < 1.29 is 5.11 Å². The third-order valence-electron chi connectivity index (χ3n) is 4.01. The van der Waals surface area contributed by atoms with Crippen molar-refractivity contribution in [3.8, 4) is 6.07 Å². The Bertz CT molecular complexity index is 456. The molecule has 2 rings (SSSR count). The van der Waals surface area contributed by atoms with E-state index in [2.05, 4.69) is 11.4 Å². The Kier molecular flexibility index (Phi) is 3.88. The van der Waals surface area contributed by atoms with E-state index < -0.39 is 0 Å². The summed E-state index contributed by atoms with van der Waals surface area (Å²) in [6, 6.07) is 7.95. The number of nitrogens with one attached hydrogen (secondary N) is 1. The number of nitriles is 1. The van der Waals surface area contributed by atoms with E-state index in [-0.39, 0.29) is 12.0 Å². The molecule has 0 radical (unpaired) electrons. The van der Waals surface area contributed by atoms with E-state index in [0.717, 1.165) is 36.2 Å². The lowest BCUT2D eigenvalue weighted by Gasteiger charge is -2.27. The molecule has 0 atom stereocenters. The first-order chi connectivity index (χ1) is 8.69. The minimum atomic E-state index is 0.0573. The van der Waals surface area contributed by atoms with E-state index in [4.69, 9.17) is 5.26 Å². The fourth-order valence-electron chi connectivity index (χ4n) is 2.70. The number of nitrogens with zero attached hydrogens (tertiary/aromatic N) is 1. The van der Waals surface area contributed by atoms with Crippen LogP contribution in [0.1, 0.15) is 36.8 Å². The summed E-state index contributed by atoms with van der Waals surface area (Å²) in [4.78, 5) is 0. The first kappa shape index (κ1) is 12.9. The maximum atomic E-state index is 9.55. The van der Waals surface area contributed by atoms with Crippen LogP contribution in [0, 0.1) is 23.7 Å². The number of aliphatic hydroxyl groups is 1. The van der Waals surface area contributed by atoms with Gasteiger partial charge in [0.1, 0.15) is 0 Å². The van der Waals surface area contributed by atoms with Crippen LogP contribution in [0.3, 0.4) is 0 Å². The normalized spacial score (nSPS) is 17.4. The number of benzene rings is 1. The van der Waals surface area contributed by atoms with Crippen molar-refractivity contribution in [2.24, 2.45) is 5.41 Å². The highest BCUT2D eigenvalue weighted by atomic mass is 16.3. The highest BCUT2D eigenvalue weighted by Crippen LogP contribution is 2.37. The molecular weight excluding hydrogens is 224 g/mol. The van der Waals surface area contributed by atoms with Gasteiger partial charge in [0.2, 0.25) is 0 Å². The summed E-state index contributed by atoms with van der Waals surface area (Å²) in [5.74, 6) is 0. The van der Waals surface area contributed by atoms with Gasteiger partial charge in [-0.3, -0.25) is 0 Å². The number of rotatable bonds is 4. The van der Waals surface area contributed by atoms with E-state index in [0.29, 0.717) is 0 Å². The summed E-state index contributed by atoms with van der Waals surface area (Å²) in [5.41, 5.74) is 2.80. The molecule has 1 aromatic carbocycles. The van der Waals surface area contributed by atoms with Gasteiger partial charge in [0.15, 0.2) is 0 Å². The molecule has 18 heavy (non-hydrogen) atoms. The molecule has 0 amide bonds. The molecule has 96 valence electrons. The molecule has 0 saturated heterocycles. The van der Waals surface area contributed by atoms with Gasteiger partial charge in [-0.1, -0.05) is 12.8 Å². The fraction of sp³-hybridized carbons (Fsp3) is 0.533. The number of hydrogen-bond acceptors (Lipinski definition) is 3. The van der Waals surface area contributed by atoms with Crippen molar-refractivity contribution in [1.29, 1.82) is 5.26 Å². The fourth-order valence-corrected chi connectivity index (χ4v) is 2.70. The van der Waals surface area contributed by atoms with Crippen LogP contribution in [0.5, 0.6) is 0 Å². The lowest BCUT2D eigenvalue weighted by molar-refractivity contribution is 0.142. The van der Waals surface area contributed by atoms with Crippen molar-refractivity contribution in [2.75, 3.05) is 18.5 Å². The molecule has 0 bridgehead atoms. The van der Waals surface area contributed by atoms with E-state index in [1.807, 2.05) is 25.1 Å². The molecule has 2 N–H and O–H groups in total. The second-order valence-electron chi connectivity index (χ2n) is 5.36. The summed E-state index contributed by atoms with van der Waals surface area (Å²) in [7, 11) is 0. The van der Waals surface area contributed by atoms with Crippen LogP contribution in [0.2, 0.25) is 0 Å². The molecule has 1 aliphatic rings. The van der Waals surface area contributed by atoms with Gasteiger partial charge >= 0.3 is 0 Å². The molecule has 0 unspecified atom stereocenters. The summed E-state index contributed by atoms with van der Waals surface area (Å²) in [5, 5.41) is 21.8. The van der Waals surface area contributed by atoms with Crippen molar-refractivity contribution in [3.63, 3.8) is 0 Å². The maximum Gasteiger partial charge on any atom is 0.0994 e. The maximum absolute atomic E-state index is 9.55. The second kappa shape index (κ2) is 5.41. The summed E-state index contributed by atoms with van der Waals surface area (Å²) < 4.78 is 0. The predicted octanol–water partition coefficient (Wildman–Crippen LogP) is 2.83. The van der Waals surface area contributed by atoms with Gasteiger partial charge in [-0.05, 0) is 43.5 Å². The van der Waals surface area contributed by atoms with E-state index in [9.17, 15) is 5.11 Å². The molecule has 0 heterocycles. The third kappa shape index (κ3) is 2.65. The van der Waals surface area contributed by atoms with Crippen LogP contribution in [0.25, 0.3) is 0 Å². The van der Waals surface area contributed by atoms with E-state index in [1.54, 1.807) is 0 Å². The highest BCUT2D eigenvalue weighted by Gasteiger charge is 2.32. The minimum Gasteiger partial charge on any atom is -0.396 e. The first-order valence-electron chi connectivity index (χ1n) is 6.55. The van der Waals surface area contributed by atoms with Gasteiger partial charge < -0.3 is 10.4 Å². The average Bonchev–Trinajstić information content (AvgIpc) is 2.86. The predicted molar refractivity (Wildman–Crippen MR) is 72.4 cm³/mol. The van der Waals surface area contributed by atoms with Crippen molar-refractivity contribution in [3.05, 3.63) is 29.3 Å². The van der Waals surface area contributed by atoms with Crippen LogP contribution in [0.4, 0.5) is 5.69 Å². The van der Waals surface area contributed by atoms with Gasteiger partial charge in [0, 0.05) is 17.6 Å². The van der Waals surface area contributed by atoms with Crippen LogP contribution >= 0.6 is 0 Å². The Morgan fingerprint density at radius 2 is 2.11 bits per heavy atom. The molecule has 3 heteroatoms. The molecule has 3 nitrogen and oxygen atoms in total. The van der Waals surface area contributed by atoms with Crippen molar-refractivity contribution in [1.82, 2.24) is 0 Å². The summed E-state index contributed by atoms with van der Waals surface area (Å²) in [6.07, 6.45) is 4.64. The Morgan fingerprint density at radius 1 is 1.39 bits per heavy atom. The van der Waals surface area contributed by atoms with Gasteiger partial charge in [0.05, 0.1) is 18.2 Å². The van der Waals surface area contributed by atoms with Gasteiger partial charge in [-0.15, -0.1) is 0 Å². The van der Waals surface area contributed by atoms with Crippen LogP contribution in [-0.2, 0) is 0 Å². The third-order valence-corrected chi connectivity index (χ3v) is 4.01. The molecule has 1 saturated carbocycles. The second-order valence-corrected chi connectivity index (χ2v) is 5.36. The lowest BCUT2D eigenvalue weighted by atomic mass is 9.87. The number of aliphatic hydroxyl groups excluding tert-OH is 1. The number of hydrogen-bond donors (Lipinski definition) is 2. The standard InChI is InChI=1S/C15H20N2O/c1-12-8-14(5-4-13(12)9-16)17-10-15(11-18)6-2-3-7-15/h4-5,8,17-18H,2-3,6-7,10-11H2,1H3. The number of aryl methyl sites for hydroxylation is 1. The van der Waals surface area contributed by atoms with Crippen molar-refractivity contribution in [2.45, 2.75) is 32.6 Å². The largest absolute Gasteiger partial charge is 0.396 e. The molecule has 0 spiro atoms. The topological polar surface area (TPSA) is 56.0 Å². The molecule has 0 aliphatic heterocycles. The highest BCUT2D eigenvalue weighted by molar-refractivity contribution is 5.51. The van der Waals surface area contributed by atoms with Crippen molar-refractivity contribution >= 4 is 5.69 Å². The summed E-state index contributed by atoms with van der Waals surface area (Å²) in [6.45, 7) is 3.02. The van der Waals surface area contributed by atoms with Crippen LogP contribution in [-0.4, -0.2) is 18.3 Å². The van der Waals surface area contributed by atoms with Gasteiger partial charge in [0.25, 0.3) is 0 Å². The zero-order valence-electron chi connectivity index (χ0n) is 10.9. The zero-order valence-corrected chi connectivity index (χ0v) is 10.9. The quantitative estimate of drug-likeness (QED) is 0.856. The Balaban J connectivity index is 2.02. The smallest absolute Gasteiger partial charge is 0.0994 e. The number of anilines is 1. The monoisotopic (exact) mass is 244 g/mol. The molecule has 1 aromatic rings. The van der Waals surface area contributed by atoms with Crippen LogP contribution < -0.4 is 5.32 Å². The zero-order chi connectivity index (χ0) is 13.0. The SMILES string of the molecule is Cc1cc(NCC2(CO)CCCC2)ccc1C#N. The minimum absolute atomic E-state index is 0.0573. The van der Waals surface area contributed by atoms with Gasteiger partial charge in [-0.25, -0.2) is 0 Å². The Morgan fingerprint density at radius 3 is 2.67 bits per heavy atom. The molecule has 0 aromatic heterocycles. The molecule has 1 fully saturated rings. The Labute approximate surface area is 108 Å². The van der Waals surface area contributed by atoms with E-state index >= 15 is 0 Å². The van der Waals surface area contributed by atoms with Gasteiger partial charge in [-0.2, -0.15) is 5.26 Å². The average molecular weight is 244 g/mol. The molecular formula is C15H20N2O. The first-order valence-corrected chi connectivity index (χ1v) is 6.55. The lowest BCUT2D eigenvalue weighted by Crippen LogP contribution is -2.30.